The van der Waals surface area contributed by atoms with Crippen LogP contribution in [0.3, 0.4) is 0 Å². The van der Waals surface area contributed by atoms with E-state index >= 15 is 0 Å². The highest BCUT2D eigenvalue weighted by Gasteiger charge is 2.59. The van der Waals surface area contributed by atoms with Crippen LogP contribution in [0.15, 0.2) is 47.4 Å². The van der Waals surface area contributed by atoms with E-state index in [-0.39, 0.29) is 23.9 Å². The van der Waals surface area contributed by atoms with E-state index < -0.39 is 26.2 Å². The molecule has 27 heavy (non-hydrogen) atoms. The summed E-state index contributed by atoms with van der Waals surface area (Å²) in [6.07, 6.45) is 3.21. The third-order valence-corrected chi connectivity index (χ3v) is 8.47. The van der Waals surface area contributed by atoms with Crippen LogP contribution < -0.4 is 5.32 Å². The Morgan fingerprint density at radius 2 is 1.59 bits per heavy atom. The average molecular weight is 414 g/mol. The van der Waals surface area contributed by atoms with E-state index in [0.717, 1.165) is 32.0 Å². The second-order valence-electron chi connectivity index (χ2n) is 7.24. The van der Waals surface area contributed by atoms with Crippen molar-refractivity contribution in [1.29, 1.82) is 0 Å². The summed E-state index contributed by atoms with van der Waals surface area (Å²) in [5.74, 6) is -1.10. The Bertz CT molecular complexity index is 921. The molecule has 1 aliphatic carbocycles. The summed E-state index contributed by atoms with van der Waals surface area (Å²) in [4.78, 5) is 0.291. The molecule has 0 atom stereocenters. The van der Waals surface area contributed by atoms with Crippen molar-refractivity contribution in [3.05, 3.63) is 54.1 Å². The van der Waals surface area contributed by atoms with Crippen LogP contribution in [0.4, 0.5) is 8.78 Å². The molecule has 1 saturated heterocycles. The van der Waals surface area contributed by atoms with E-state index in [4.69, 9.17) is 0 Å². The second-order valence-corrected chi connectivity index (χ2v) is 9.53. The van der Waals surface area contributed by atoms with E-state index in [2.05, 4.69) is 5.32 Å². The first-order chi connectivity index (χ1) is 12.4. The van der Waals surface area contributed by atoms with Crippen molar-refractivity contribution in [2.24, 2.45) is 5.92 Å². The molecule has 0 radical (unpaired) electrons. The van der Waals surface area contributed by atoms with Crippen molar-refractivity contribution in [3.63, 3.8) is 0 Å². The number of halogens is 3. The van der Waals surface area contributed by atoms with E-state index in [9.17, 15) is 17.2 Å². The molecule has 0 spiro atoms. The average Bonchev–Trinajstić information content (AvgIpc) is 3.45. The molecule has 1 heterocycles. The van der Waals surface area contributed by atoms with E-state index in [1.807, 2.05) is 0 Å². The van der Waals surface area contributed by atoms with Gasteiger partial charge in [-0.15, -0.1) is 12.4 Å². The summed E-state index contributed by atoms with van der Waals surface area (Å²) >= 11 is 0. The van der Waals surface area contributed by atoms with Gasteiger partial charge in [0.2, 0.25) is 0 Å². The van der Waals surface area contributed by atoms with Gasteiger partial charge < -0.3 is 5.32 Å². The molecule has 0 amide bonds. The van der Waals surface area contributed by atoms with Gasteiger partial charge in [0.25, 0.3) is 0 Å². The lowest BCUT2D eigenvalue weighted by molar-refractivity contribution is 0.345. The third kappa shape index (κ3) is 3.50. The van der Waals surface area contributed by atoms with Crippen LogP contribution in [0.2, 0.25) is 0 Å². The lowest BCUT2D eigenvalue weighted by atomic mass is 9.92. The lowest BCUT2D eigenvalue weighted by Gasteiger charge is -2.30. The first-order valence-electron chi connectivity index (χ1n) is 8.95. The normalized spacial score (nSPS) is 19.3. The smallest absolute Gasteiger partial charge is 0.184 e. The molecule has 7 heteroatoms. The Balaban J connectivity index is 0.00000210. The van der Waals surface area contributed by atoms with Gasteiger partial charge in [-0.3, -0.25) is 0 Å². The van der Waals surface area contributed by atoms with Gasteiger partial charge in [-0.2, -0.15) is 0 Å². The Morgan fingerprint density at radius 3 is 2.15 bits per heavy atom. The van der Waals surface area contributed by atoms with Crippen molar-refractivity contribution < 1.29 is 17.2 Å². The monoisotopic (exact) mass is 413 g/mol. The maximum Gasteiger partial charge on any atom is 0.184 e. The molecule has 0 unspecified atom stereocenters. The minimum atomic E-state index is -3.42. The van der Waals surface area contributed by atoms with Gasteiger partial charge in [0, 0.05) is 11.6 Å². The number of nitrogens with one attached hydrogen (secondary N) is 1. The summed E-state index contributed by atoms with van der Waals surface area (Å²) in [5.41, 5.74) is 0.794. The third-order valence-electron chi connectivity index (χ3n) is 5.77. The topological polar surface area (TPSA) is 46.2 Å². The summed E-state index contributed by atoms with van der Waals surface area (Å²) < 4.78 is 52.9. The van der Waals surface area contributed by atoms with Crippen molar-refractivity contribution in [2.45, 2.75) is 35.3 Å². The fraction of sp³-hybridized carbons (Fsp3) is 0.400. The van der Waals surface area contributed by atoms with E-state index in [1.165, 1.54) is 12.1 Å². The summed E-state index contributed by atoms with van der Waals surface area (Å²) in [7, 11) is -3.42. The van der Waals surface area contributed by atoms with Crippen LogP contribution in [-0.4, -0.2) is 26.3 Å². The summed E-state index contributed by atoms with van der Waals surface area (Å²) in [6, 6.07) is 9.69. The van der Waals surface area contributed by atoms with Gasteiger partial charge in [-0.05, 0) is 74.5 Å². The maximum absolute atomic E-state index is 13.9. The predicted molar refractivity (Wildman–Crippen MR) is 104 cm³/mol. The van der Waals surface area contributed by atoms with Gasteiger partial charge in [0.1, 0.15) is 11.6 Å². The number of hydrogen-bond donors (Lipinski definition) is 1. The Morgan fingerprint density at radius 1 is 0.963 bits per heavy atom. The van der Waals surface area contributed by atoms with E-state index in [1.54, 1.807) is 24.3 Å². The van der Waals surface area contributed by atoms with Crippen LogP contribution in [0, 0.1) is 17.6 Å². The zero-order valence-electron chi connectivity index (χ0n) is 14.8. The van der Waals surface area contributed by atoms with Crippen molar-refractivity contribution in [3.8, 4) is 11.1 Å². The van der Waals surface area contributed by atoms with Crippen molar-refractivity contribution >= 4 is 22.2 Å². The minimum Gasteiger partial charge on any atom is -0.317 e. The molecule has 2 fully saturated rings. The second kappa shape index (κ2) is 7.49. The molecule has 2 aromatic carbocycles. The molecule has 4 rings (SSSR count). The number of sulfone groups is 1. The van der Waals surface area contributed by atoms with Crippen LogP contribution in [0.25, 0.3) is 11.1 Å². The van der Waals surface area contributed by atoms with Crippen molar-refractivity contribution in [2.75, 3.05) is 13.1 Å². The highest BCUT2D eigenvalue weighted by Crippen LogP contribution is 2.54. The number of hydrogen-bond acceptors (Lipinski definition) is 3. The van der Waals surface area contributed by atoms with Gasteiger partial charge in [0.05, 0.1) is 9.64 Å². The maximum atomic E-state index is 13.9. The number of rotatable bonds is 4. The highest BCUT2D eigenvalue weighted by molar-refractivity contribution is 7.93. The molecule has 0 bridgehead atoms. The molecular formula is C20H22ClF2NO2S. The Labute approximate surface area is 164 Å². The Kier molecular flexibility index (Phi) is 5.62. The zero-order valence-corrected chi connectivity index (χ0v) is 16.4. The summed E-state index contributed by atoms with van der Waals surface area (Å²) in [5, 5.41) is 3.28. The molecule has 1 N–H and O–H groups in total. The molecule has 2 aromatic rings. The van der Waals surface area contributed by atoms with Crippen LogP contribution >= 0.6 is 12.4 Å². The predicted octanol–water partition coefficient (Wildman–Crippen LogP) is 4.36. The first-order valence-corrected chi connectivity index (χ1v) is 10.4. The fourth-order valence-corrected chi connectivity index (χ4v) is 6.42. The van der Waals surface area contributed by atoms with Crippen LogP contribution in [-0.2, 0) is 9.84 Å². The van der Waals surface area contributed by atoms with Crippen LogP contribution in [0.1, 0.15) is 25.7 Å². The van der Waals surface area contributed by atoms with Crippen LogP contribution in [0.5, 0.6) is 0 Å². The van der Waals surface area contributed by atoms with Gasteiger partial charge in [-0.1, -0.05) is 12.1 Å². The molecule has 1 aliphatic heterocycles. The zero-order chi connectivity index (χ0) is 18.4. The van der Waals surface area contributed by atoms with Gasteiger partial charge in [0.15, 0.2) is 9.84 Å². The molecule has 146 valence electrons. The molecule has 2 aliphatic rings. The number of piperidine rings is 1. The van der Waals surface area contributed by atoms with Crippen molar-refractivity contribution in [1.82, 2.24) is 5.32 Å². The molecule has 1 saturated carbocycles. The van der Waals surface area contributed by atoms with Gasteiger partial charge in [-0.25, -0.2) is 17.2 Å². The molecule has 0 aromatic heterocycles. The Hall–Kier alpha value is -1.50. The lowest BCUT2D eigenvalue weighted by Crippen LogP contribution is -2.39. The largest absolute Gasteiger partial charge is 0.317 e. The quantitative estimate of drug-likeness (QED) is 0.810. The molecular weight excluding hydrogens is 392 g/mol. The fourth-order valence-electron chi connectivity index (χ4n) is 4.14. The SMILES string of the molecule is Cl.O=S(=O)(c1ccc(-c2ccc(F)cc2F)cc1)C1(C2CCNCC2)CC1. The van der Waals surface area contributed by atoms with E-state index in [0.29, 0.717) is 23.3 Å². The summed E-state index contributed by atoms with van der Waals surface area (Å²) in [6.45, 7) is 1.73. The first kappa shape index (κ1) is 20.2. The minimum absolute atomic E-state index is 0. The van der Waals surface area contributed by atoms with Gasteiger partial charge >= 0.3 is 0 Å². The highest BCUT2D eigenvalue weighted by atomic mass is 35.5. The molecule has 3 nitrogen and oxygen atoms in total. The standard InChI is InChI=1S/C20H21F2NO2S.ClH/c21-16-3-6-18(19(22)13-16)14-1-4-17(5-2-14)26(24,25)20(9-10-20)15-7-11-23-12-8-15;/h1-6,13,15,23H,7-12H2;1H. The number of benzene rings is 2.